The van der Waals surface area contributed by atoms with Crippen LogP contribution in [-0.2, 0) is 24.9 Å². The van der Waals surface area contributed by atoms with E-state index in [-0.39, 0.29) is 18.0 Å². The lowest BCUT2D eigenvalue weighted by molar-refractivity contribution is -0.133. The number of aromatic nitrogens is 2. The number of furan rings is 1. The predicted molar refractivity (Wildman–Crippen MR) is 86.5 cm³/mol. The average molecular weight is 332 g/mol. The summed E-state index contributed by atoms with van der Waals surface area (Å²) >= 11 is 0. The zero-order valence-electron chi connectivity index (χ0n) is 13.6. The monoisotopic (exact) mass is 332 g/mol. The molecular weight excluding hydrogens is 312 g/mol. The summed E-state index contributed by atoms with van der Waals surface area (Å²) in [4.78, 5) is 39.7. The standard InChI is InChI=1S/C16H20N4O4/c1-17-14(21)4-5-20(16(17)23)12-15(22)19-8-6-18(7-9-19)11-13-3-2-10-24-13/h2-5,10H,6-9,11-12H2,1H3. The highest BCUT2D eigenvalue weighted by molar-refractivity contribution is 5.76. The lowest BCUT2D eigenvalue weighted by Crippen LogP contribution is -2.50. The van der Waals surface area contributed by atoms with E-state index in [9.17, 15) is 14.4 Å². The Bertz CT molecular complexity index is 813. The summed E-state index contributed by atoms with van der Waals surface area (Å²) in [6.07, 6.45) is 3.02. The second-order valence-electron chi connectivity index (χ2n) is 5.86. The fourth-order valence-electron chi connectivity index (χ4n) is 2.76. The van der Waals surface area contributed by atoms with Crippen molar-refractivity contribution in [2.24, 2.45) is 7.05 Å². The molecule has 0 saturated carbocycles. The number of nitrogens with zero attached hydrogens (tertiary/aromatic N) is 4. The molecule has 3 rings (SSSR count). The van der Waals surface area contributed by atoms with Gasteiger partial charge >= 0.3 is 5.69 Å². The highest BCUT2D eigenvalue weighted by Crippen LogP contribution is 2.09. The van der Waals surface area contributed by atoms with Crippen molar-refractivity contribution in [3.63, 3.8) is 0 Å². The second-order valence-corrected chi connectivity index (χ2v) is 5.86. The van der Waals surface area contributed by atoms with Gasteiger partial charge in [0.2, 0.25) is 5.91 Å². The Hall–Kier alpha value is -2.61. The second kappa shape index (κ2) is 6.88. The van der Waals surface area contributed by atoms with Crippen LogP contribution in [-0.4, -0.2) is 51.0 Å². The van der Waals surface area contributed by atoms with Crippen LogP contribution in [0.15, 0.2) is 44.7 Å². The van der Waals surface area contributed by atoms with E-state index in [2.05, 4.69) is 4.90 Å². The highest BCUT2D eigenvalue weighted by atomic mass is 16.3. The Morgan fingerprint density at radius 2 is 1.92 bits per heavy atom. The van der Waals surface area contributed by atoms with Crippen molar-refractivity contribution in [1.29, 1.82) is 0 Å². The number of hydrogen-bond acceptors (Lipinski definition) is 5. The molecule has 2 aromatic heterocycles. The van der Waals surface area contributed by atoms with Crippen molar-refractivity contribution in [3.05, 3.63) is 57.3 Å². The van der Waals surface area contributed by atoms with Crippen molar-refractivity contribution < 1.29 is 9.21 Å². The molecular formula is C16H20N4O4. The fourth-order valence-corrected chi connectivity index (χ4v) is 2.76. The third-order valence-electron chi connectivity index (χ3n) is 4.25. The largest absolute Gasteiger partial charge is 0.468 e. The molecule has 3 heterocycles. The van der Waals surface area contributed by atoms with E-state index in [0.29, 0.717) is 13.1 Å². The van der Waals surface area contributed by atoms with Crippen molar-refractivity contribution in [2.75, 3.05) is 26.2 Å². The minimum Gasteiger partial charge on any atom is -0.468 e. The number of piperazine rings is 1. The predicted octanol–water partition coefficient (Wildman–Crippen LogP) is -0.516. The zero-order chi connectivity index (χ0) is 17.1. The molecule has 8 heteroatoms. The van der Waals surface area contributed by atoms with Crippen molar-refractivity contribution in [3.8, 4) is 0 Å². The van der Waals surface area contributed by atoms with Gasteiger partial charge in [-0.3, -0.25) is 23.6 Å². The topological polar surface area (TPSA) is 80.7 Å². The summed E-state index contributed by atoms with van der Waals surface area (Å²) in [5.74, 6) is 0.792. The number of rotatable bonds is 4. The maximum absolute atomic E-state index is 12.4. The van der Waals surface area contributed by atoms with Crippen LogP contribution < -0.4 is 11.2 Å². The van der Waals surface area contributed by atoms with Crippen molar-refractivity contribution in [2.45, 2.75) is 13.1 Å². The van der Waals surface area contributed by atoms with Crippen LogP contribution in [0.2, 0.25) is 0 Å². The molecule has 0 N–H and O–H groups in total. The quantitative estimate of drug-likeness (QED) is 0.753. The van der Waals surface area contributed by atoms with E-state index < -0.39 is 5.69 Å². The number of carbonyl (C=O) groups excluding carboxylic acids is 1. The van der Waals surface area contributed by atoms with Gasteiger partial charge in [-0.15, -0.1) is 0 Å². The van der Waals surface area contributed by atoms with Gasteiger partial charge in [0, 0.05) is 45.5 Å². The van der Waals surface area contributed by atoms with Crippen LogP contribution in [0, 0.1) is 0 Å². The summed E-state index contributed by atoms with van der Waals surface area (Å²) < 4.78 is 7.59. The minimum absolute atomic E-state index is 0.0505. The third kappa shape index (κ3) is 3.48. The van der Waals surface area contributed by atoms with Crippen LogP contribution >= 0.6 is 0 Å². The smallest absolute Gasteiger partial charge is 0.331 e. The highest BCUT2D eigenvalue weighted by Gasteiger charge is 2.22. The Balaban J connectivity index is 1.57. The molecule has 0 spiro atoms. The first-order valence-corrected chi connectivity index (χ1v) is 7.83. The van der Waals surface area contributed by atoms with Crippen LogP contribution in [0.5, 0.6) is 0 Å². The molecule has 1 fully saturated rings. The summed E-state index contributed by atoms with van der Waals surface area (Å²) in [6.45, 7) is 3.42. The first-order valence-electron chi connectivity index (χ1n) is 7.83. The van der Waals surface area contributed by atoms with Crippen LogP contribution in [0.4, 0.5) is 0 Å². The summed E-state index contributed by atoms with van der Waals surface area (Å²) in [5.41, 5.74) is -0.859. The molecule has 1 aliphatic heterocycles. The van der Waals surface area contributed by atoms with Crippen LogP contribution in [0.1, 0.15) is 5.76 Å². The van der Waals surface area contributed by atoms with E-state index in [0.717, 1.165) is 30.0 Å². The third-order valence-corrected chi connectivity index (χ3v) is 4.25. The lowest BCUT2D eigenvalue weighted by atomic mass is 10.3. The lowest BCUT2D eigenvalue weighted by Gasteiger charge is -2.34. The first kappa shape index (κ1) is 16.3. The molecule has 24 heavy (non-hydrogen) atoms. The maximum Gasteiger partial charge on any atom is 0.331 e. The van der Waals surface area contributed by atoms with Gasteiger partial charge in [-0.2, -0.15) is 0 Å². The van der Waals surface area contributed by atoms with Gasteiger partial charge in [-0.1, -0.05) is 0 Å². The van der Waals surface area contributed by atoms with E-state index in [4.69, 9.17) is 4.42 Å². The Morgan fingerprint density at radius 3 is 2.58 bits per heavy atom. The SMILES string of the molecule is Cn1c(=O)ccn(CC(=O)N2CCN(Cc3ccco3)CC2)c1=O. The molecule has 0 atom stereocenters. The molecule has 0 bridgehead atoms. The maximum atomic E-state index is 12.4. The normalized spacial score (nSPS) is 15.6. The van der Waals surface area contributed by atoms with Crippen LogP contribution in [0.3, 0.4) is 0 Å². The number of hydrogen-bond donors (Lipinski definition) is 0. The molecule has 0 unspecified atom stereocenters. The van der Waals surface area contributed by atoms with Crippen molar-refractivity contribution >= 4 is 5.91 Å². The summed E-state index contributed by atoms with van der Waals surface area (Å²) in [6, 6.07) is 5.08. The summed E-state index contributed by atoms with van der Waals surface area (Å²) in [7, 11) is 1.40. The van der Waals surface area contributed by atoms with Crippen LogP contribution in [0.25, 0.3) is 0 Å². The molecule has 0 aliphatic carbocycles. The fraction of sp³-hybridized carbons (Fsp3) is 0.438. The minimum atomic E-state index is -0.479. The average Bonchev–Trinajstić information content (AvgIpc) is 3.09. The molecule has 8 nitrogen and oxygen atoms in total. The number of amides is 1. The van der Waals surface area contributed by atoms with E-state index in [1.54, 1.807) is 11.2 Å². The van der Waals surface area contributed by atoms with E-state index >= 15 is 0 Å². The van der Waals surface area contributed by atoms with E-state index in [1.165, 1.54) is 23.9 Å². The van der Waals surface area contributed by atoms with Gasteiger partial charge in [-0.05, 0) is 12.1 Å². The van der Waals surface area contributed by atoms with Gasteiger partial charge in [-0.25, -0.2) is 4.79 Å². The molecule has 1 aliphatic rings. The van der Waals surface area contributed by atoms with Gasteiger partial charge in [0.25, 0.3) is 5.56 Å². The molecule has 0 aromatic carbocycles. The van der Waals surface area contributed by atoms with Gasteiger partial charge in [0.05, 0.1) is 12.8 Å². The first-order chi connectivity index (χ1) is 11.5. The van der Waals surface area contributed by atoms with E-state index in [1.807, 2.05) is 12.1 Å². The molecule has 1 amide bonds. The Labute approximate surface area is 138 Å². The van der Waals surface area contributed by atoms with Crippen molar-refractivity contribution in [1.82, 2.24) is 18.9 Å². The number of carbonyl (C=O) groups is 1. The molecule has 128 valence electrons. The zero-order valence-corrected chi connectivity index (χ0v) is 13.6. The Kier molecular flexibility index (Phi) is 4.66. The van der Waals surface area contributed by atoms with Gasteiger partial charge in [0.15, 0.2) is 0 Å². The summed E-state index contributed by atoms with van der Waals surface area (Å²) in [5, 5.41) is 0. The molecule has 2 aromatic rings. The molecule has 0 radical (unpaired) electrons. The Morgan fingerprint density at radius 1 is 1.17 bits per heavy atom. The van der Waals surface area contributed by atoms with Gasteiger partial charge in [0.1, 0.15) is 12.3 Å². The molecule has 1 saturated heterocycles. The van der Waals surface area contributed by atoms with Gasteiger partial charge < -0.3 is 9.32 Å².